The van der Waals surface area contributed by atoms with Gasteiger partial charge in [-0.1, -0.05) is 30.3 Å². The molecule has 1 atom stereocenters. The van der Waals surface area contributed by atoms with Crippen LogP contribution >= 0.6 is 0 Å². The summed E-state index contributed by atoms with van der Waals surface area (Å²) >= 11 is 0. The largest absolute Gasteiger partial charge is 0.493 e. The quantitative estimate of drug-likeness (QED) is 0.515. The van der Waals surface area contributed by atoms with E-state index >= 15 is 0 Å². The lowest BCUT2D eigenvalue weighted by atomic mass is 9.76. The topological polar surface area (TPSA) is 54.0 Å². The Kier molecular flexibility index (Phi) is 4.64. The van der Waals surface area contributed by atoms with E-state index in [1.807, 2.05) is 18.2 Å². The number of halogens is 1. The number of benzene rings is 3. The lowest BCUT2D eigenvalue weighted by molar-refractivity contribution is 0.0493. The van der Waals surface area contributed by atoms with E-state index in [4.69, 9.17) is 9.47 Å². The molecular weight excluding hydrogens is 407 g/mol. The monoisotopic (exact) mass is 432 g/mol. The van der Waals surface area contributed by atoms with Crippen LogP contribution < -0.4 is 19.9 Å². The van der Waals surface area contributed by atoms with Gasteiger partial charge >= 0.3 is 0 Å². The molecule has 3 aromatic carbocycles. The maximum Gasteiger partial charge on any atom is 0.212 e. The van der Waals surface area contributed by atoms with Gasteiger partial charge in [0.15, 0.2) is 11.5 Å². The first-order chi connectivity index (χ1) is 15.4. The summed E-state index contributed by atoms with van der Waals surface area (Å²) in [4.78, 5) is 2.23. The van der Waals surface area contributed by atoms with Crippen molar-refractivity contribution in [1.29, 1.82) is 0 Å². The number of hydrogen-bond donors (Lipinski definition) is 2. The number of hydrogen-bond acceptors (Lipinski definition) is 5. The highest BCUT2D eigenvalue weighted by molar-refractivity contribution is 5.76. The Hall–Kier alpha value is -3.51. The fourth-order valence-electron chi connectivity index (χ4n) is 4.87. The zero-order chi connectivity index (χ0) is 22.5. The van der Waals surface area contributed by atoms with Crippen LogP contribution in [-0.4, -0.2) is 18.0 Å². The lowest BCUT2D eigenvalue weighted by Crippen LogP contribution is -2.59. The van der Waals surface area contributed by atoms with Gasteiger partial charge < -0.3 is 14.4 Å². The number of fused-ring (bicyclic) bond motifs is 2. The molecule has 2 aliphatic heterocycles. The van der Waals surface area contributed by atoms with Gasteiger partial charge in [0, 0.05) is 23.9 Å². The Morgan fingerprint density at radius 2 is 1.84 bits per heavy atom. The first-order valence-electron chi connectivity index (χ1n) is 10.5. The molecule has 2 heterocycles. The van der Waals surface area contributed by atoms with Gasteiger partial charge in [0.2, 0.25) is 5.72 Å². The normalized spacial score (nSPS) is 20.0. The van der Waals surface area contributed by atoms with Crippen molar-refractivity contribution in [3.63, 3.8) is 0 Å². The summed E-state index contributed by atoms with van der Waals surface area (Å²) in [6.45, 7) is 4.88. The standard InChI is InChI=1S/C26H25FN2O3/c1-25(2)21-6-4-5-7-22(21)29(16-17-8-10-19(27)11-9-17)26(25)13-12-18-14-20(28-30)15-23(31-3)24(18)32-26/h4-15,28,30H,16H2,1-3H3. The van der Waals surface area contributed by atoms with Crippen molar-refractivity contribution < 1.29 is 19.1 Å². The fraction of sp³-hybridized carbons (Fsp3) is 0.231. The molecular formula is C26H25FN2O3. The number of anilines is 2. The molecule has 32 heavy (non-hydrogen) atoms. The minimum absolute atomic E-state index is 0.258. The van der Waals surface area contributed by atoms with Crippen molar-refractivity contribution in [2.75, 3.05) is 17.5 Å². The van der Waals surface area contributed by atoms with Crippen LogP contribution in [0.25, 0.3) is 6.08 Å². The molecule has 0 aromatic heterocycles. The van der Waals surface area contributed by atoms with Gasteiger partial charge in [0.05, 0.1) is 18.2 Å². The van der Waals surface area contributed by atoms with Crippen molar-refractivity contribution >= 4 is 17.5 Å². The van der Waals surface area contributed by atoms with E-state index in [1.165, 1.54) is 17.7 Å². The van der Waals surface area contributed by atoms with E-state index in [-0.39, 0.29) is 5.82 Å². The van der Waals surface area contributed by atoms with E-state index in [1.54, 1.807) is 31.4 Å². The summed E-state index contributed by atoms with van der Waals surface area (Å²) in [6.07, 6.45) is 4.08. The predicted octanol–water partition coefficient (Wildman–Crippen LogP) is 5.74. The first kappa shape index (κ1) is 20.4. The molecule has 6 heteroatoms. The second-order valence-corrected chi connectivity index (χ2v) is 8.70. The third kappa shape index (κ3) is 2.87. The zero-order valence-electron chi connectivity index (χ0n) is 18.2. The molecule has 0 saturated heterocycles. The average Bonchev–Trinajstić information content (AvgIpc) is 2.98. The molecule has 0 bridgehead atoms. The van der Waals surface area contributed by atoms with Crippen LogP contribution in [0.2, 0.25) is 0 Å². The number of ether oxygens (including phenoxy) is 2. The van der Waals surface area contributed by atoms with Crippen LogP contribution in [0.15, 0.2) is 66.7 Å². The number of nitrogens with one attached hydrogen (secondary N) is 1. The molecule has 0 fully saturated rings. The first-order valence-corrected chi connectivity index (χ1v) is 10.5. The Bertz CT molecular complexity index is 1210. The van der Waals surface area contributed by atoms with Gasteiger partial charge in [-0.15, -0.1) is 0 Å². The smallest absolute Gasteiger partial charge is 0.212 e. The van der Waals surface area contributed by atoms with E-state index in [2.05, 4.69) is 42.4 Å². The van der Waals surface area contributed by atoms with Gasteiger partial charge in [0.1, 0.15) is 5.82 Å². The fourth-order valence-corrected chi connectivity index (χ4v) is 4.87. The molecule has 3 aromatic rings. The molecule has 1 unspecified atom stereocenters. The highest BCUT2D eigenvalue weighted by Gasteiger charge is 2.59. The van der Waals surface area contributed by atoms with Gasteiger partial charge in [-0.2, -0.15) is 0 Å². The Labute approximate surface area is 186 Å². The lowest BCUT2D eigenvalue weighted by Gasteiger charge is -2.47. The summed E-state index contributed by atoms with van der Waals surface area (Å²) in [5, 5.41) is 9.39. The number of methoxy groups -OCH3 is 1. The van der Waals surface area contributed by atoms with Crippen LogP contribution in [0.1, 0.15) is 30.5 Å². The van der Waals surface area contributed by atoms with Crippen molar-refractivity contribution in [3.8, 4) is 11.5 Å². The van der Waals surface area contributed by atoms with Crippen molar-refractivity contribution in [2.45, 2.75) is 31.5 Å². The average molecular weight is 432 g/mol. The number of nitrogens with zero attached hydrogens (tertiary/aromatic N) is 1. The molecule has 5 nitrogen and oxygen atoms in total. The van der Waals surface area contributed by atoms with Gasteiger partial charge in [0.25, 0.3) is 0 Å². The minimum Gasteiger partial charge on any atom is -0.493 e. The van der Waals surface area contributed by atoms with E-state index in [0.29, 0.717) is 23.7 Å². The number of para-hydroxylation sites is 1. The Balaban J connectivity index is 1.67. The highest BCUT2D eigenvalue weighted by Crippen LogP contribution is 2.56. The summed E-state index contributed by atoms with van der Waals surface area (Å²) < 4.78 is 26.0. The van der Waals surface area contributed by atoms with Gasteiger partial charge in [-0.25, -0.2) is 4.39 Å². The molecule has 164 valence electrons. The molecule has 0 amide bonds. The zero-order valence-corrected chi connectivity index (χ0v) is 18.2. The van der Waals surface area contributed by atoms with E-state index in [0.717, 1.165) is 16.8 Å². The molecule has 2 N–H and O–H groups in total. The third-order valence-corrected chi connectivity index (χ3v) is 6.60. The third-order valence-electron chi connectivity index (χ3n) is 6.60. The Morgan fingerprint density at radius 3 is 2.56 bits per heavy atom. The van der Waals surface area contributed by atoms with Crippen LogP contribution in [0.4, 0.5) is 15.8 Å². The van der Waals surface area contributed by atoms with Crippen molar-refractivity contribution in [3.05, 3.63) is 89.2 Å². The Morgan fingerprint density at radius 1 is 1.09 bits per heavy atom. The molecule has 1 spiro atoms. The van der Waals surface area contributed by atoms with Crippen LogP contribution in [-0.2, 0) is 12.0 Å². The summed E-state index contributed by atoms with van der Waals surface area (Å²) in [5.74, 6) is 0.877. The molecule has 0 aliphatic carbocycles. The second kappa shape index (κ2) is 7.28. The van der Waals surface area contributed by atoms with Crippen LogP contribution in [0, 0.1) is 5.82 Å². The van der Waals surface area contributed by atoms with Crippen molar-refractivity contribution in [2.24, 2.45) is 0 Å². The molecule has 0 radical (unpaired) electrons. The second-order valence-electron chi connectivity index (χ2n) is 8.70. The highest BCUT2D eigenvalue weighted by atomic mass is 19.1. The summed E-state index contributed by atoms with van der Waals surface area (Å²) in [5.41, 5.74) is 5.48. The molecule has 0 saturated carbocycles. The predicted molar refractivity (Wildman–Crippen MR) is 123 cm³/mol. The minimum atomic E-state index is -0.834. The summed E-state index contributed by atoms with van der Waals surface area (Å²) in [7, 11) is 1.58. The van der Waals surface area contributed by atoms with Crippen molar-refractivity contribution in [1.82, 2.24) is 0 Å². The van der Waals surface area contributed by atoms with Gasteiger partial charge in [-0.3, -0.25) is 10.7 Å². The SMILES string of the molecule is COc1cc(NO)cc2c1OC1(C=C2)N(Cc2ccc(F)cc2)c2ccccc2C1(C)C. The maximum absolute atomic E-state index is 13.5. The number of rotatable bonds is 4. The van der Waals surface area contributed by atoms with Crippen LogP contribution in [0.5, 0.6) is 11.5 Å². The maximum atomic E-state index is 13.5. The van der Waals surface area contributed by atoms with Crippen LogP contribution in [0.3, 0.4) is 0 Å². The van der Waals surface area contributed by atoms with E-state index in [9.17, 15) is 9.60 Å². The van der Waals surface area contributed by atoms with Gasteiger partial charge in [-0.05, 0) is 61.4 Å². The van der Waals surface area contributed by atoms with E-state index < -0.39 is 11.1 Å². The molecule has 2 aliphatic rings. The molecule has 5 rings (SSSR count). The summed E-state index contributed by atoms with van der Waals surface area (Å²) in [6, 6.07) is 18.4.